The summed E-state index contributed by atoms with van der Waals surface area (Å²) < 4.78 is 28.2. The molecule has 0 radical (unpaired) electrons. The van der Waals surface area contributed by atoms with Crippen LogP contribution in [0.3, 0.4) is 0 Å². The van der Waals surface area contributed by atoms with E-state index >= 15 is 0 Å². The van der Waals surface area contributed by atoms with Gasteiger partial charge in [-0.2, -0.15) is 4.31 Å². The number of rotatable bonds is 6. The Labute approximate surface area is 170 Å². The summed E-state index contributed by atoms with van der Waals surface area (Å²) in [7, 11) is 0.171. The van der Waals surface area contributed by atoms with Crippen LogP contribution >= 0.6 is 0 Å². The second-order valence-electron chi connectivity index (χ2n) is 7.29. The van der Waals surface area contributed by atoms with Crippen LogP contribution in [0.1, 0.15) is 19.3 Å². The standard InChI is InChI=1S/C20H26N4O4S/c1-22(2)17-8-6-16(7-9-17)21-19(25)15-23-14-18(10-11-20(23)26)29(27,28)24-12-4-3-5-13-24/h6-11,14H,3-5,12-13,15H2,1-2H3,(H,21,25). The van der Waals surface area contributed by atoms with Crippen molar-refractivity contribution < 1.29 is 13.2 Å². The molecule has 0 unspecified atom stereocenters. The number of benzene rings is 1. The molecule has 1 aromatic carbocycles. The van der Waals surface area contributed by atoms with Gasteiger partial charge in [0, 0.05) is 50.8 Å². The number of piperidine rings is 1. The van der Waals surface area contributed by atoms with Gasteiger partial charge in [0.05, 0.1) is 4.90 Å². The Morgan fingerprint density at radius 1 is 1.03 bits per heavy atom. The minimum Gasteiger partial charge on any atom is -0.378 e. The van der Waals surface area contributed by atoms with Crippen LogP contribution in [0.4, 0.5) is 11.4 Å². The Balaban J connectivity index is 1.74. The molecule has 2 heterocycles. The Hall–Kier alpha value is -2.65. The van der Waals surface area contributed by atoms with Crippen LogP contribution in [0.5, 0.6) is 0 Å². The van der Waals surface area contributed by atoms with Crippen molar-refractivity contribution in [3.8, 4) is 0 Å². The fourth-order valence-corrected chi connectivity index (χ4v) is 4.78. The van der Waals surface area contributed by atoms with Crippen LogP contribution in [0.2, 0.25) is 0 Å². The Morgan fingerprint density at radius 2 is 1.69 bits per heavy atom. The third-order valence-electron chi connectivity index (χ3n) is 4.89. The van der Waals surface area contributed by atoms with Crippen LogP contribution in [-0.4, -0.2) is 50.4 Å². The number of nitrogens with zero attached hydrogens (tertiary/aromatic N) is 3. The van der Waals surface area contributed by atoms with Gasteiger partial charge in [0.15, 0.2) is 0 Å². The molecule has 1 aliphatic rings. The number of pyridine rings is 1. The highest BCUT2D eigenvalue weighted by molar-refractivity contribution is 7.89. The molecule has 3 rings (SSSR count). The van der Waals surface area contributed by atoms with E-state index in [2.05, 4.69) is 5.32 Å². The van der Waals surface area contributed by atoms with Gasteiger partial charge in [0.1, 0.15) is 6.54 Å². The van der Waals surface area contributed by atoms with E-state index in [-0.39, 0.29) is 11.4 Å². The minimum atomic E-state index is -3.67. The molecular formula is C20H26N4O4S. The van der Waals surface area contributed by atoms with E-state index in [4.69, 9.17) is 0 Å². The SMILES string of the molecule is CN(C)c1ccc(NC(=O)Cn2cc(S(=O)(=O)N3CCCCC3)ccc2=O)cc1. The van der Waals surface area contributed by atoms with Crippen molar-refractivity contribution in [2.45, 2.75) is 30.7 Å². The lowest BCUT2D eigenvalue weighted by Gasteiger charge is -2.26. The van der Waals surface area contributed by atoms with Gasteiger partial charge in [0.2, 0.25) is 15.9 Å². The summed E-state index contributed by atoms with van der Waals surface area (Å²) in [6.45, 7) is 0.688. The van der Waals surface area contributed by atoms with Crippen molar-refractivity contribution in [2.75, 3.05) is 37.4 Å². The number of hydrogen-bond acceptors (Lipinski definition) is 5. The molecule has 0 aliphatic carbocycles. The summed E-state index contributed by atoms with van der Waals surface area (Å²) in [6, 6.07) is 9.78. The number of nitrogens with one attached hydrogen (secondary N) is 1. The number of sulfonamides is 1. The number of carbonyl (C=O) groups excluding carboxylic acids is 1. The zero-order valence-corrected chi connectivity index (χ0v) is 17.5. The summed E-state index contributed by atoms with van der Waals surface area (Å²) in [4.78, 5) is 26.5. The summed E-state index contributed by atoms with van der Waals surface area (Å²) in [5, 5.41) is 2.73. The summed E-state index contributed by atoms with van der Waals surface area (Å²) in [5.74, 6) is -0.405. The molecule has 9 heteroatoms. The lowest BCUT2D eigenvalue weighted by Crippen LogP contribution is -2.36. The molecule has 1 amide bonds. The van der Waals surface area contributed by atoms with E-state index in [9.17, 15) is 18.0 Å². The van der Waals surface area contributed by atoms with Gasteiger partial charge in [-0.05, 0) is 43.2 Å². The largest absolute Gasteiger partial charge is 0.378 e. The zero-order valence-electron chi connectivity index (χ0n) is 16.7. The first-order valence-electron chi connectivity index (χ1n) is 9.55. The summed E-state index contributed by atoms with van der Waals surface area (Å²) >= 11 is 0. The van der Waals surface area contributed by atoms with Crippen molar-refractivity contribution in [3.63, 3.8) is 0 Å². The highest BCUT2D eigenvalue weighted by Gasteiger charge is 2.26. The fourth-order valence-electron chi connectivity index (χ4n) is 3.24. The molecule has 1 N–H and O–H groups in total. The summed E-state index contributed by atoms with van der Waals surface area (Å²) in [5.41, 5.74) is 1.17. The smallest absolute Gasteiger partial charge is 0.251 e. The quantitative estimate of drug-likeness (QED) is 0.771. The topological polar surface area (TPSA) is 91.7 Å². The first kappa shape index (κ1) is 21.1. The maximum atomic E-state index is 12.8. The van der Waals surface area contributed by atoms with E-state index in [0.717, 1.165) is 29.5 Å². The van der Waals surface area contributed by atoms with Gasteiger partial charge in [0.25, 0.3) is 5.56 Å². The Bertz CT molecular complexity index is 1020. The lowest BCUT2D eigenvalue weighted by atomic mass is 10.2. The lowest BCUT2D eigenvalue weighted by molar-refractivity contribution is -0.116. The van der Waals surface area contributed by atoms with E-state index < -0.39 is 21.5 Å². The number of anilines is 2. The van der Waals surface area contributed by atoms with Crippen LogP contribution in [0, 0.1) is 0 Å². The predicted molar refractivity (Wildman–Crippen MR) is 113 cm³/mol. The average Bonchev–Trinajstić information content (AvgIpc) is 2.70. The van der Waals surface area contributed by atoms with E-state index in [1.807, 2.05) is 31.1 Å². The van der Waals surface area contributed by atoms with Crippen molar-refractivity contribution in [1.29, 1.82) is 0 Å². The number of aromatic nitrogens is 1. The maximum Gasteiger partial charge on any atom is 0.251 e. The van der Waals surface area contributed by atoms with Gasteiger partial charge in [-0.15, -0.1) is 0 Å². The fraction of sp³-hybridized carbons (Fsp3) is 0.400. The number of carbonyl (C=O) groups is 1. The minimum absolute atomic E-state index is 0.0298. The molecule has 0 spiro atoms. The Kier molecular flexibility index (Phi) is 6.39. The van der Waals surface area contributed by atoms with Gasteiger partial charge < -0.3 is 14.8 Å². The first-order valence-corrected chi connectivity index (χ1v) is 11.0. The van der Waals surface area contributed by atoms with Crippen LogP contribution in [-0.2, 0) is 21.4 Å². The molecule has 29 heavy (non-hydrogen) atoms. The monoisotopic (exact) mass is 418 g/mol. The molecule has 1 saturated heterocycles. The molecule has 8 nitrogen and oxygen atoms in total. The summed E-state index contributed by atoms with van der Waals surface area (Å²) in [6.07, 6.45) is 3.92. The van der Waals surface area contributed by atoms with Gasteiger partial charge >= 0.3 is 0 Å². The molecule has 0 bridgehead atoms. The second-order valence-corrected chi connectivity index (χ2v) is 9.22. The predicted octanol–water partition coefficient (Wildman–Crippen LogP) is 1.73. The van der Waals surface area contributed by atoms with Crippen LogP contribution in [0.25, 0.3) is 0 Å². The zero-order chi connectivity index (χ0) is 21.0. The molecule has 156 valence electrons. The van der Waals surface area contributed by atoms with Gasteiger partial charge in [-0.1, -0.05) is 6.42 Å². The van der Waals surface area contributed by atoms with Crippen LogP contribution < -0.4 is 15.8 Å². The highest BCUT2D eigenvalue weighted by Crippen LogP contribution is 2.20. The van der Waals surface area contributed by atoms with Gasteiger partial charge in [-0.25, -0.2) is 8.42 Å². The van der Waals surface area contributed by atoms with E-state index in [1.54, 1.807) is 12.1 Å². The third kappa shape index (κ3) is 5.04. The number of amides is 1. The van der Waals surface area contributed by atoms with E-state index in [1.165, 1.54) is 22.6 Å². The molecular weight excluding hydrogens is 392 g/mol. The molecule has 0 saturated carbocycles. The molecule has 1 aromatic heterocycles. The number of hydrogen-bond donors (Lipinski definition) is 1. The molecule has 0 atom stereocenters. The Morgan fingerprint density at radius 3 is 2.31 bits per heavy atom. The van der Waals surface area contributed by atoms with Crippen molar-refractivity contribution >= 4 is 27.3 Å². The molecule has 2 aromatic rings. The van der Waals surface area contributed by atoms with Crippen molar-refractivity contribution in [2.24, 2.45) is 0 Å². The second kappa shape index (κ2) is 8.79. The third-order valence-corrected chi connectivity index (χ3v) is 6.77. The van der Waals surface area contributed by atoms with Gasteiger partial charge in [-0.3, -0.25) is 9.59 Å². The first-order chi connectivity index (χ1) is 13.8. The van der Waals surface area contributed by atoms with Crippen molar-refractivity contribution in [3.05, 3.63) is 52.9 Å². The normalized spacial score (nSPS) is 15.1. The van der Waals surface area contributed by atoms with E-state index in [0.29, 0.717) is 18.8 Å². The maximum absolute atomic E-state index is 12.8. The van der Waals surface area contributed by atoms with Crippen molar-refractivity contribution in [1.82, 2.24) is 8.87 Å². The van der Waals surface area contributed by atoms with Crippen LogP contribution in [0.15, 0.2) is 52.3 Å². The highest BCUT2D eigenvalue weighted by atomic mass is 32.2. The average molecular weight is 419 g/mol. The molecule has 1 aliphatic heterocycles. The molecule has 1 fully saturated rings.